The van der Waals surface area contributed by atoms with Crippen molar-refractivity contribution in [1.82, 2.24) is 0 Å². The molecule has 0 unspecified atom stereocenters. The number of para-hydroxylation sites is 4. The van der Waals surface area contributed by atoms with E-state index < -0.39 is 0 Å². The molecule has 9 aromatic carbocycles. The highest BCUT2D eigenvalue weighted by atomic mass is 16.2. The Kier molecular flexibility index (Phi) is 11.0. The minimum Gasteiger partial charge on any atom is -0.311 e. The van der Waals surface area contributed by atoms with Crippen LogP contribution in [0.25, 0.3) is 44.5 Å². The standard InChI is InChI=1S/C62H45N3O2/c66-61-59-57(44-22-8-1-9-23-44)55(46-36-40-53(41-37-46)63(48-26-12-3-13-27-48)49-28-14-4-15-29-49)56(58(45-24-10-2-11-25-45)60(59)62(67)65(61)52-34-20-7-21-35-52)47-38-42-54(43-39-47)64(50-30-16-5-17-31-50)51-32-18-6-19-33-51/h1-5,7-18,20-43H,6,19H2. The summed E-state index contributed by atoms with van der Waals surface area (Å²) < 4.78 is 0. The summed E-state index contributed by atoms with van der Waals surface area (Å²) in [5, 5.41) is 0. The molecule has 67 heavy (non-hydrogen) atoms. The molecule has 0 fully saturated rings. The smallest absolute Gasteiger partial charge is 0.266 e. The Bertz CT molecular complexity index is 3240. The van der Waals surface area contributed by atoms with Crippen LogP contribution < -0.4 is 14.7 Å². The number of fused-ring (bicyclic) bond motifs is 1. The van der Waals surface area contributed by atoms with Crippen molar-refractivity contribution < 1.29 is 9.59 Å². The summed E-state index contributed by atoms with van der Waals surface area (Å²) in [6, 6.07) is 77.9. The lowest BCUT2D eigenvalue weighted by atomic mass is 9.77. The van der Waals surface area contributed by atoms with Gasteiger partial charge in [-0.3, -0.25) is 9.59 Å². The van der Waals surface area contributed by atoms with Crippen LogP contribution >= 0.6 is 0 Å². The Balaban J connectivity index is 1.20. The molecule has 2 amide bonds. The van der Waals surface area contributed by atoms with Crippen molar-refractivity contribution in [1.29, 1.82) is 0 Å². The summed E-state index contributed by atoms with van der Waals surface area (Å²) in [6.07, 6.45) is 8.70. The van der Waals surface area contributed by atoms with Gasteiger partial charge in [-0.25, -0.2) is 4.90 Å². The first-order valence-electron chi connectivity index (χ1n) is 22.8. The second kappa shape index (κ2) is 18.0. The Labute approximate surface area is 391 Å². The van der Waals surface area contributed by atoms with Crippen LogP contribution in [0.5, 0.6) is 0 Å². The van der Waals surface area contributed by atoms with E-state index in [0.717, 1.165) is 80.4 Å². The third kappa shape index (κ3) is 7.62. The number of hydrogen-bond acceptors (Lipinski definition) is 4. The van der Waals surface area contributed by atoms with Gasteiger partial charge in [0.1, 0.15) is 0 Å². The summed E-state index contributed by atoms with van der Waals surface area (Å²) in [6.45, 7) is 0. The maximum atomic E-state index is 15.4. The number of benzene rings is 9. The highest BCUT2D eigenvalue weighted by molar-refractivity contribution is 6.39. The van der Waals surface area contributed by atoms with Gasteiger partial charge >= 0.3 is 0 Å². The number of imide groups is 1. The van der Waals surface area contributed by atoms with Crippen LogP contribution in [0.2, 0.25) is 0 Å². The molecule has 0 N–H and O–H groups in total. The molecule has 0 saturated heterocycles. The van der Waals surface area contributed by atoms with Crippen molar-refractivity contribution in [3.8, 4) is 44.5 Å². The van der Waals surface area contributed by atoms with E-state index in [4.69, 9.17) is 0 Å². The van der Waals surface area contributed by atoms with Gasteiger partial charge in [-0.2, -0.15) is 0 Å². The molecule has 0 aromatic heterocycles. The first-order valence-corrected chi connectivity index (χ1v) is 22.8. The fourth-order valence-corrected chi connectivity index (χ4v) is 9.61. The quantitative estimate of drug-likeness (QED) is 0.122. The zero-order valence-corrected chi connectivity index (χ0v) is 36.7. The highest BCUT2D eigenvalue weighted by Crippen LogP contribution is 2.53. The van der Waals surface area contributed by atoms with Crippen LogP contribution in [0.3, 0.4) is 0 Å². The summed E-state index contributed by atoms with van der Waals surface area (Å²) in [4.78, 5) is 36.6. The Morgan fingerprint density at radius 1 is 0.313 bits per heavy atom. The van der Waals surface area contributed by atoms with Gasteiger partial charge in [0.25, 0.3) is 11.8 Å². The van der Waals surface area contributed by atoms with Gasteiger partial charge in [0.2, 0.25) is 0 Å². The first kappa shape index (κ1) is 40.9. The molecule has 1 aliphatic heterocycles. The fourth-order valence-electron chi connectivity index (χ4n) is 9.61. The molecule has 320 valence electrons. The van der Waals surface area contributed by atoms with E-state index in [0.29, 0.717) is 27.9 Å². The van der Waals surface area contributed by atoms with Crippen molar-refractivity contribution >= 4 is 45.9 Å². The SMILES string of the molecule is O=C1c2c(c(-c3ccccc3)c(-c3ccc(N(c4ccccc4)c4ccccc4)cc3)c(-c3ccc(N(C4=CCCC=C4)c4ccccc4)cc3)c2-c2ccccc2)C(=O)N1c1ccccc1. The normalized spacial score (nSPS) is 13.0. The maximum absolute atomic E-state index is 15.4. The van der Waals surface area contributed by atoms with E-state index in [1.807, 2.05) is 109 Å². The van der Waals surface area contributed by atoms with Gasteiger partial charge < -0.3 is 9.80 Å². The van der Waals surface area contributed by atoms with Gasteiger partial charge in [-0.05, 0) is 125 Å². The van der Waals surface area contributed by atoms with Crippen LogP contribution in [0.15, 0.2) is 254 Å². The van der Waals surface area contributed by atoms with Gasteiger partial charge in [0, 0.05) is 45.3 Å². The number of amides is 2. The Hall–Kier alpha value is -8.80. The lowest BCUT2D eigenvalue weighted by Crippen LogP contribution is -2.29. The highest BCUT2D eigenvalue weighted by Gasteiger charge is 2.44. The van der Waals surface area contributed by atoms with Gasteiger partial charge in [-0.15, -0.1) is 0 Å². The predicted octanol–water partition coefficient (Wildman–Crippen LogP) is 16.0. The lowest BCUT2D eigenvalue weighted by molar-refractivity contribution is 0.0926. The third-order valence-electron chi connectivity index (χ3n) is 12.6. The van der Waals surface area contributed by atoms with E-state index >= 15 is 9.59 Å². The zero-order chi connectivity index (χ0) is 45.1. The Morgan fingerprint density at radius 3 is 1.04 bits per heavy atom. The van der Waals surface area contributed by atoms with E-state index in [2.05, 4.69) is 149 Å². The minimum absolute atomic E-state index is 0.352. The maximum Gasteiger partial charge on any atom is 0.266 e. The van der Waals surface area contributed by atoms with Crippen LogP contribution in [0, 0.1) is 0 Å². The van der Waals surface area contributed by atoms with Crippen LogP contribution in [0.1, 0.15) is 33.6 Å². The number of hydrogen-bond donors (Lipinski definition) is 0. The van der Waals surface area contributed by atoms with Crippen LogP contribution in [0.4, 0.5) is 34.1 Å². The largest absolute Gasteiger partial charge is 0.311 e. The summed E-state index contributed by atoms with van der Waals surface area (Å²) in [5.74, 6) is -0.705. The van der Waals surface area contributed by atoms with E-state index in [9.17, 15) is 0 Å². The number of carbonyl (C=O) groups is 2. The summed E-state index contributed by atoms with van der Waals surface area (Å²) in [7, 11) is 0. The second-order valence-electron chi connectivity index (χ2n) is 16.6. The molecule has 5 nitrogen and oxygen atoms in total. The average Bonchev–Trinajstić information content (AvgIpc) is 3.66. The molecule has 0 bridgehead atoms. The van der Waals surface area contributed by atoms with Crippen molar-refractivity contribution in [3.63, 3.8) is 0 Å². The topological polar surface area (TPSA) is 43.9 Å². The number of carbonyl (C=O) groups excluding carboxylic acids is 2. The van der Waals surface area contributed by atoms with Crippen LogP contribution in [-0.4, -0.2) is 11.8 Å². The first-order chi connectivity index (χ1) is 33.1. The van der Waals surface area contributed by atoms with Crippen molar-refractivity contribution in [3.05, 3.63) is 266 Å². The molecule has 11 rings (SSSR count). The van der Waals surface area contributed by atoms with Gasteiger partial charge in [-0.1, -0.05) is 170 Å². The summed E-state index contributed by atoms with van der Waals surface area (Å²) in [5.41, 5.74) is 14.2. The predicted molar refractivity (Wildman–Crippen MR) is 275 cm³/mol. The lowest BCUT2D eigenvalue weighted by Gasteiger charge is -2.28. The average molecular weight is 864 g/mol. The van der Waals surface area contributed by atoms with Crippen molar-refractivity contribution in [2.45, 2.75) is 12.8 Å². The van der Waals surface area contributed by atoms with Gasteiger partial charge in [0.15, 0.2) is 0 Å². The molecule has 0 atom stereocenters. The Morgan fingerprint density at radius 2 is 0.642 bits per heavy atom. The van der Waals surface area contributed by atoms with Crippen LogP contribution in [-0.2, 0) is 0 Å². The molecular weight excluding hydrogens is 819 g/mol. The molecule has 0 spiro atoms. The zero-order valence-electron chi connectivity index (χ0n) is 36.7. The molecule has 0 radical (unpaired) electrons. The second-order valence-corrected chi connectivity index (χ2v) is 16.6. The number of nitrogens with zero attached hydrogens (tertiary/aromatic N) is 3. The molecular formula is C62H45N3O2. The molecule has 9 aromatic rings. The monoisotopic (exact) mass is 863 g/mol. The number of allylic oxidation sites excluding steroid dienone is 3. The molecule has 1 aliphatic carbocycles. The van der Waals surface area contributed by atoms with E-state index in [1.165, 1.54) is 4.90 Å². The number of anilines is 6. The third-order valence-corrected chi connectivity index (χ3v) is 12.6. The minimum atomic E-state index is -0.353. The van der Waals surface area contributed by atoms with Gasteiger partial charge in [0.05, 0.1) is 16.8 Å². The van der Waals surface area contributed by atoms with Crippen molar-refractivity contribution in [2.75, 3.05) is 14.7 Å². The molecule has 1 heterocycles. The van der Waals surface area contributed by atoms with Crippen molar-refractivity contribution in [2.24, 2.45) is 0 Å². The number of rotatable bonds is 11. The van der Waals surface area contributed by atoms with E-state index in [1.54, 1.807) is 0 Å². The molecule has 2 aliphatic rings. The van der Waals surface area contributed by atoms with E-state index in [-0.39, 0.29) is 11.8 Å². The molecule has 5 heteroatoms. The molecule has 0 saturated carbocycles. The fraction of sp³-hybridized carbons (Fsp3) is 0.0323. The summed E-state index contributed by atoms with van der Waals surface area (Å²) >= 11 is 0.